The number of nitrogen functional groups attached to an aromatic ring is 1. The van der Waals surface area contributed by atoms with Gasteiger partial charge in [0, 0.05) is 31.0 Å². The molecule has 3 nitrogen and oxygen atoms in total. The van der Waals surface area contributed by atoms with E-state index in [4.69, 9.17) is 5.73 Å². The van der Waals surface area contributed by atoms with Crippen molar-refractivity contribution in [1.29, 1.82) is 0 Å². The summed E-state index contributed by atoms with van der Waals surface area (Å²) in [4.78, 5) is 5.38. The minimum Gasteiger partial charge on any atom is -0.399 e. The summed E-state index contributed by atoms with van der Waals surface area (Å²) >= 11 is 0. The molecule has 0 bridgehead atoms. The minimum atomic E-state index is -1.19. The number of rotatable bonds is 4. The molecular weight excluding hydrogens is 314 g/mol. The molecule has 0 atom stereocenters. The maximum Gasteiger partial charge on any atom is 0.0603 e. The summed E-state index contributed by atoms with van der Waals surface area (Å²) in [5, 5.41) is 0.862. The molecule has 1 aromatic rings. The first kappa shape index (κ1) is 18.6. The first-order valence-electron chi connectivity index (χ1n) is 8.93. The average molecular weight is 350 g/mol. The highest BCUT2D eigenvalue weighted by Crippen LogP contribution is 2.27. The van der Waals surface area contributed by atoms with Gasteiger partial charge in [-0.15, -0.1) is 0 Å². The van der Waals surface area contributed by atoms with Crippen molar-refractivity contribution in [1.82, 2.24) is 4.90 Å². The number of nitrogens with zero attached hydrogens (tertiary/aromatic N) is 2. The Morgan fingerprint density at radius 2 is 1.39 bits per heavy atom. The Labute approximate surface area is 144 Å². The molecule has 1 aliphatic heterocycles. The molecular formula is C18H35N3Si2. The fourth-order valence-corrected chi connectivity index (χ4v) is 17.6. The van der Waals surface area contributed by atoms with Gasteiger partial charge in [-0.1, -0.05) is 39.3 Å². The van der Waals surface area contributed by atoms with Crippen LogP contribution in [0.2, 0.25) is 39.3 Å². The summed E-state index contributed by atoms with van der Waals surface area (Å²) in [7, 11) is -2.38. The lowest BCUT2D eigenvalue weighted by molar-refractivity contribution is 0.304. The zero-order valence-electron chi connectivity index (χ0n) is 15.9. The van der Waals surface area contributed by atoms with Gasteiger partial charge in [0.25, 0.3) is 0 Å². The number of hydrogen-bond acceptors (Lipinski definition) is 3. The van der Waals surface area contributed by atoms with E-state index in [0.717, 1.165) is 24.1 Å². The Balaban J connectivity index is 2.12. The standard InChI is InChI=1S/C18H35N3Si2/c1-22(2,3)18(23(4,5)6)21-13-7-12-20(14-15-21)17-10-8-16(19)9-11-17/h8-11,18H,7,12-15,19H2,1-6H3. The molecule has 2 rings (SSSR count). The van der Waals surface area contributed by atoms with Crippen LogP contribution in [0.25, 0.3) is 0 Å². The smallest absolute Gasteiger partial charge is 0.0603 e. The third-order valence-electron chi connectivity index (χ3n) is 4.79. The lowest BCUT2D eigenvalue weighted by Gasteiger charge is -2.46. The van der Waals surface area contributed by atoms with Crippen molar-refractivity contribution >= 4 is 27.5 Å². The first-order chi connectivity index (χ1) is 10.6. The molecule has 1 saturated heterocycles. The molecule has 2 N–H and O–H groups in total. The second-order valence-electron chi connectivity index (χ2n) is 9.10. The maximum absolute atomic E-state index is 5.83. The molecule has 0 radical (unpaired) electrons. The molecule has 1 heterocycles. The monoisotopic (exact) mass is 349 g/mol. The second kappa shape index (κ2) is 6.99. The lowest BCUT2D eigenvalue weighted by atomic mass is 10.2. The van der Waals surface area contributed by atoms with Crippen LogP contribution in [0, 0.1) is 0 Å². The Kier molecular flexibility index (Phi) is 5.64. The molecule has 0 amide bonds. The van der Waals surface area contributed by atoms with E-state index in [-0.39, 0.29) is 0 Å². The molecule has 0 aromatic heterocycles. The Bertz CT molecular complexity index is 488. The van der Waals surface area contributed by atoms with Crippen LogP contribution in [-0.4, -0.2) is 52.5 Å². The van der Waals surface area contributed by atoms with Crippen molar-refractivity contribution < 1.29 is 0 Å². The van der Waals surface area contributed by atoms with Gasteiger partial charge in [0.05, 0.1) is 16.1 Å². The number of hydrogen-bond donors (Lipinski definition) is 1. The number of benzene rings is 1. The highest BCUT2D eigenvalue weighted by molar-refractivity contribution is 6.96. The van der Waals surface area contributed by atoms with Gasteiger partial charge in [0.1, 0.15) is 0 Å². The molecule has 23 heavy (non-hydrogen) atoms. The summed E-state index contributed by atoms with van der Waals surface area (Å²) < 4.78 is 0. The molecule has 0 unspecified atom stereocenters. The summed E-state index contributed by atoms with van der Waals surface area (Å²) in [5.74, 6) is 0. The second-order valence-corrected chi connectivity index (χ2v) is 20.2. The summed E-state index contributed by atoms with van der Waals surface area (Å²) in [6.45, 7) is 20.1. The van der Waals surface area contributed by atoms with Gasteiger partial charge in [0.2, 0.25) is 0 Å². The van der Waals surface area contributed by atoms with Crippen molar-refractivity contribution in [2.75, 3.05) is 36.8 Å². The van der Waals surface area contributed by atoms with E-state index in [2.05, 4.69) is 61.2 Å². The number of anilines is 2. The van der Waals surface area contributed by atoms with E-state index >= 15 is 0 Å². The van der Waals surface area contributed by atoms with Crippen molar-refractivity contribution in [3.05, 3.63) is 24.3 Å². The van der Waals surface area contributed by atoms with Crippen molar-refractivity contribution in [3.63, 3.8) is 0 Å². The molecule has 1 aromatic carbocycles. The van der Waals surface area contributed by atoms with Gasteiger partial charge < -0.3 is 15.5 Å². The minimum absolute atomic E-state index is 0.850. The van der Waals surface area contributed by atoms with Gasteiger partial charge in [-0.05, 0) is 42.5 Å². The summed E-state index contributed by atoms with van der Waals surface area (Å²) in [5.41, 5.74) is 7.99. The van der Waals surface area contributed by atoms with Crippen LogP contribution in [0.5, 0.6) is 0 Å². The molecule has 0 saturated carbocycles. The van der Waals surface area contributed by atoms with Crippen LogP contribution in [0.1, 0.15) is 6.42 Å². The Morgan fingerprint density at radius 1 is 0.826 bits per heavy atom. The van der Waals surface area contributed by atoms with Gasteiger partial charge in [-0.25, -0.2) is 0 Å². The number of nitrogens with two attached hydrogens (primary N) is 1. The van der Waals surface area contributed by atoms with E-state index < -0.39 is 16.1 Å². The van der Waals surface area contributed by atoms with Crippen LogP contribution < -0.4 is 10.6 Å². The van der Waals surface area contributed by atoms with Crippen LogP contribution in [-0.2, 0) is 0 Å². The van der Waals surface area contributed by atoms with Crippen LogP contribution in [0.4, 0.5) is 11.4 Å². The fourth-order valence-electron chi connectivity index (χ4n) is 4.53. The first-order valence-corrected chi connectivity index (χ1v) is 16.1. The largest absolute Gasteiger partial charge is 0.399 e. The van der Waals surface area contributed by atoms with Crippen LogP contribution in [0.3, 0.4) is 0 Å². The van der Waals surface area contributed by atoms with Gasteiger partial charge in [0.15, 0.2) is 0 Å². The van der Waals surface area contributed by atoms with Gasteiger partial charge in [-0.3, -0.25) is 0 Å². The quantitative estimate of drug-likeness (QED) is 0.661. The molecule has 1 fully saturated rings. The fraction of sp³-hybridized carbons (Fsp3) is 0.667. The highest BCUT2D eigenvalue weighted by atomic mass is 28.4. The van der Waals surface area contributed by atoms with E-state index in [1.165, 1.54) is 25.2 Å². The van der Waals surface area contributed by atoms with E-state index in [0.29, 0.717) is 0 Å². The van der Waals surface area contributed by atoms with E-state index in [1.807, 2.05) is 12.1 Å². The molecule has 5 heteroatoms. The Hall–Kier alpha value is -0.786. The lowest BCUT2D eigenvalue weighted by Crippen LogP contribution is -2.63. The third kappa shape index (κ3) is 4.84. The average Bonchev–Trinajstić information content (AvgIpc) is 2.62. The zero-order valence-corrected chi connectivity index (χ0v) is 17.9. The predicted octanol–water partition coefficient (Wildman–Crippen LogP) is 3.90. The summed E-state index contributed by atoms with van der Waals surface area (Å²) in [6, 6.07) is 8.37. The molecule has 0 spiro atoms. The molecule has 1 aliphatic rings. The summed E-state index contributed by atoms with van der Waals surface area (Å²) in [6.07, 6.45) is 1.26. The SMILES string of the molecule is C[Si](C)(C)C(N1CCCN(c2ccc(N)cc2)CC1)[Si](C)(C)C. The van der Waals surface area contributed by atoms with Gasteiger partial charge in [-0.2, -0.15) is 0 Å². The van der Waals surface area contributed by atoms with Crippen LogP contribution in [0.15, 0.2) is 24.3 Å². The zero-order chi connectivity index (χ0) is 17.3. The molecule has 0 aliphatic carbocycles. The van der Waals surface area contributed by atoms with Gasteiger partial charge >= 0.3 is 0 Å². The van der Waals surface area contributed by atoms with E-state index in [9.17, 15) is 0 Å². The van der Waals surface area contributed by atoms with Crippen molar-refractivity contribution in [3.8, 4) is 0 Å². The Morgan fingerprint density at radius 3 is 1.91 bits per heavy atom. The maximum atomic E-state index is 5.83. The third-order valence-corrected chi connectivity index (χ3v) is 14.0. The topological polar surface area (TPSA) is 32.5 Å². The van der Waals surface area contributed by atoms with Crippen molar-refractivity contribution in [2.24, 2.45) is 0 Å². The van der Waals surface area contributed by atoms with Crippen molar-refractivity contribution in [2.45, 2.75) is 51.0 Å². The normalized spacial score (nSPS) is 18.3. The van der Waals surface area contributed by atoms with E-state index in [1.54, 1.807) is 0 Å². The van der Waals surface area contributed by atoms with Crippen LogP contribution >= 0.6 is 0 Å². The molecule has 130 valence electrons. The highest BCUT2D eigenvalue weighted by Gasteiger charge is 2.41. The predicted molar refractivity (Wildman–Crippen MR) is 110 cm³/mol.